The lowest BCUT2D eigenvalue weighted by Gasteiger charge is -2.21. The molecule has 0 bridgehead atoms. The average molecular weight is 568 g/mol. The maximum Gasteiger partial charge on any atom is 0.243 e. The number of nitrogens with one attached hydrogen (secondary N) is 3. The van der Waals surface area contributed by atoms with Gasteiger partial charge in [-0.2, -0.15) is 0 Å². The van der Waals surface area contributed by atoms with Crippen molar-refractivity contribution in [2.45, 2.75) is 31.0 Å². The fraction of sp³-hybridized carbons (Fsp3) is 0.429. The first-order valence-corrected chi connectivity index (χ1v) is 13.6. The van der Waals surface area contributed by atoms with Crippen LogP contribution in [0.4, 0.5) is 11.8 Å². The van der Waals surface area contributed by atoms with E-state index in [-0.39, 0.29) is 18.0 Å². The van der Waals surface area contributed by atoms with Gasteiger partial charge in [0.05, 0.1) is 50.2 Å². The fourth-order valence-corrected chi connectivity index (χ4v) is 5.38. The van der Waals surface area contributed by atoms with Crippen LogP contribution in [0.3, 0.4) is 0 Å². The van der Waals surface area contributed by atoms with Crippen LogP contribution in [0.5, 0.6) is 11.5 Å². The number of fused-ring (bicyclic) bond motifs is 1. The van der Waals surface area contributed by atoms with Crippen LogP contribution in [0.1, 0.15) is 12.8 Å². The van der Waals surface area contributed by atoms with Gasteiger partial charge in [0.2, 0.25) is 11.9 Å². The van der Waals surface area contributed by atoms with Crippen LogP contribution in [-0.2, 0) is 9.53 Å². The molecule has 1 unspecified atom stereocenters. The highest BCUT2D eigenvalue weighted by molar-refractivity contribution is 6.34. The molecule has 3 aromatic rings. The average Bonchev–Trinajstić information content (AvgIpc) is 3.59. The molecule has 1 aromatic carbocycles. The lowest BCUT2D eigenvalue weighted by molar-refractivity contribution is -0.117. The zero-order chi connectivity index (χ0) is 28.2. The maximum atomic E-state index is 11.9. The molecule has 2 aliphatic rings. The first-order valence-electron chi connectivity index (χ1n) is 13.2. The van der Waals surface area contributed by atoms with Crippen molar-refractivity contribution in [1.82, 2.24) is 25.2 Å². The highest BCUT2D eigenvalue weighted by atomic mass is 35.5. The largest absolute Gasteiger partial charge is 0.497 e. The van der Waals surface area contributed by atoms with Crippen LogP contribution < -0.4 is 25.4 Å². The molecule has 0 spiro atoms. The molecule has 2 aromatic heterocycles. The second-order valence-corrected chi connectivity index (χ2v) is 10.3. The summed E-state index contributed by atoms with van der Waals surface area (Å²) in [6.45, 7) is 6.12. The third-order valence-electron chi connectivity index (χ3n) is 7.39. The summed E-state index contributed by atoms with van der Waals surface area (Å²) in [4.78, 5) is 28.6. The molecule has 0 aliphatic carbocycles. The number of hydrogen-bond acceptors (Lipinski definition) is 10. The normalized spacial score (nSPS) is 20.9. The van der Waals surface area contributed by atoms with Crippen LogP contribution in [0.15, 0.2) is 37.1 Å². The molecule has 4 heterocycles. The van der Waals surface area contributed by atoms with Gasteiger partial charge in [-0.25, -0.2) is 15.0 Å². The van der Waals surface area contributed by atoms with Crippen molar-refractivity contribution < 1.29 is 19.0 Å². The van der Waals surface area contributed by atoms with Gasteiger partial charge < -0.3 is 35.1 Å². The van der Waals surface area contributed by atoms with E-state index in [0.717, 1.165) is 24.9 Å². The molecule has 11 nitrogen and oxygen atoms in total. The standard InChI is InChI=1S/C28H34ClN7O4/c1-5-24(37)32-21-14-40-15-22(21)34-28-31-12-16-9-20(19-10-18(38-3)11-23(39-4)25(19)29)33-27(26(16)35-28)30-13-17-7-6-8-36(17)2/h5,9-12,17,21-22H,1,6-8,13-15H2,2-4H3,(H,30,33)(H,32,37)(H,31,34,35)/t17?,21-,22+/m0/s1. The van der Waals surface area contributed by atoms with E-state index in [2.05, 4.69) is 39.5 Å². The molecule has 1 amide bonds. The molecule has 3 N–H and O–H groups in total. The molecule has 5 rings (SSSR count). The Balaban J connectivity index is 1.52. The van der Waals surface area contributed by atoms with Gasteiger partial charge in [-0.15, -0.1) is 0 Å². The highest BCUT2D eigenvalue weighted by Crippen LogP contribution is 2.40. The smallest absolute Gasteiger partial charge is 0.243 e. The highest BCUT2D eigenvalue weighted by Gasteiger charge is 2.30. The van der Waals surface area contributed by atoms with E-state index in [9.17, 15) is 4.79 Å². The number of aromatic nitrogens is 3. The lowest BCUT2D eigenvalue weighted by atomic mass is 10.1. The summed E-state index contributed by atoms with van der Waals surface area (Å²) in [5.41, 5.74) is 1.98. The van der Waals surface area contributed by atoms with Crippen molar-refractivity contribution >= 4 is 40.2 Å². The molecular weight excluding hydrogens is 534 g/mol. The number of carbonyl (C=O) groups excluding carboxylic acids is 1. The zero-order valence-corrected chi connectivity index (χ0v) is 23.6. The Morgan fingerprint density at radius 3 is 2.77 bits per heavy atom. The minimum atomic E-state index is -0.255. The number of hydrogen-bond donors (Lipinski definition) is 3. The lowest BCUT2D eigenvalue weighted by Crippen LogP contribution is -2.45. The quantitative estimate of drug-likeness (QED) is 0.314. The van der Waals surface area contributed by atoms with Gasteiger partial charge in [0.1, 0.15) is 17.0 Å². The predicted octanol–water partition coefficient (Wildman–Crippen LogP) is 3.35. The summed E-state index contributed by atoms with van der Waals surface area (Å²) >= 11 is 6.72. The summed E-state index contributed by atoms with van der Waals surface area (Å²) in [6.07, 6.45) is 5.27. The number of ether oxygens (including phenoxy) is 3. The van der Waals surface area contributed by atoms with Gasteiger partial charge in [-0.3, -0.25) is 4.79 Å². The number of amides is 1. The molecule has 2 saturated heterocycles. The number of likely N-dealkylation sites (tertiary alicyclic amines) is 1. The summed E-state index contributed by atoms with van der Waals surface area (Å²) < 4.78 is 16.5. The van der Waals surface area contributed by atoms with E-state index < -0.39 is 0 Å². The van der Waals surface area contributed by atoms with Gasteiger partial charge in [0.15, 0.2) is 5.82 Å². The van der Waals surface area contributed by atoms with E-state index in [4.69, 9.17) is 35.8 Å². The number of anilines is 2. The first kappa shape index (κ1) is 27.9. The van der Waals surface area contributed by atoms with Gasteiger partial charge in [-0.05, 0) is 44.6 Å². The molecular formula is C28H34ClN7O4. The van der Waals surface area contributed by atoms with E-state index in [1.165, 1.54) is 12.5 Å². The number of nitrogens with zero attached hydrogens (tertiary/aromatic N) is 4. The molecule has 3 atom stereocenters. The summed E-state index contributed by atoms with van der Waals surface area (Å²) in [5.74, 6) is 1.88. The fourth-order valence-electron chi connectivity index (χ4n) is 5.09. The number of rotatable bonds is 10. The Kier molecular flexibility index (Phi) is 8.53. The SMILES string of the molecule is C=CC(=O)N[C@H]1COC[C@H]1Nc1ncc2cc(-c3cc(OC)cc(OC)c3Cl)nc(NCC3CCCN3C)c2n1. The topological polar surface area (TPSA) is 123 Å². The number of carbonyl (C=O) groups is 1. The minimum absolute atomic E-state index is 0.194. The maximum absolute atomic E-state index is 11.9. The molecule has 212 valence electrons. The van der Waals surface area contributed by atoms with Crippen LogP contribution >= 0.6 is 11.6 Å². The van der Waals surface area contributed by atoms with E-state index >= 15 is 0 Å². The van der Waals surface area contributed by atoms with Crippen LogP contribution in [0, 0.1) is 0 Å². The van der Waals surface area contributed by atoms with Crippen molar-refractivity contribution in [2.24, 2.45) is 0 Å². The minimum Gasteiger partial charge on any atom is -0.497 e. The molecule has 12 heteroatoms. The Bertz CT molecular complexity index is 1400. The van der Waals surface area contributed by atoms with Gasteiger partial charge in [-0.1, -0.05) is 18.2 Å². The van der Waals surface area contributed by atoms with Crippen molar-refractivity contribution in [1.29, 1.82) is 0 Å². The van der Waals surface area contributed by atoms with Crippen LogP contribution in [-0.4, -0.2) is 91.5 Å². The van der Waals surface area contributed by atoms with Crippen molar-refractivity contribution in [3.05, 3.63) is 42.1 Å². The molecule has 40 heavy (non-hydrogen) atoms. The summed E-state index contributed by atoms with van der Waals surface area (Å²) in [7, 11) is 5.30. The summed E-state index contributed by atoms with van der Waals surface area (Å²) in [6, 6.07) is 5.44. The molecule has 0 radical (unpaired) electrons. The number of likely N-dealkylation sites (N-methyl/N-ethyl adjacent to an activating group) is 1. The first-order chi connectivity index (χ1) is 19.4. The number of methoxy groups -OCH3 is 2. The Labute approximate surface area is 238 Å². The molecule has 0 saturated carbocycles. The Morgan fingerprint density at radius 1 is 1.23 bits per heavy atom. The molecule has 2 aliphatic heterocycles. The van der Waals surface area contributed by atoms with Crippen LogP contribution in [0.25, 0.3) is 22.2 Å². The zero-order valence-electron chi connectivity index (χ0n) is 22.9. The van der Waals surface area contributed by atoms with Crippen LogP contribution in [0.2, 0.25) is 5.02 Å². The third-order valence-corrected chi connectivity index (χ3v) is 7.78. The van der Waals surface area contributed by atoms with E-state index in [1.807, 2.05) is 12.1 Å². The van der Waals surface area contributed by atoms with Gasteiger partial charge in [0, 0.05) is 35.8 Å². The summed E-state index contributed by atoms with van der Waals surface area (Å²) in [5, 5.41) is 11.0. The number of pyridine rings is 1. The Hall–Kier alpha value is -3.67. The predicted molar refractivity (Wildman–Crippen MR) is 155 cm³/mol. The number of halogens is 1. The van der Waals surface area contributed by atoms with E-state index in [1.54, 1.807) is 26.5 Å². The van der Waals surface area contributed by atoms with Crippen molar-refractivity contribution in [3.63, 3.8) is 0 Å². The van der Waals surface area contributed by atoms with Gasteiger partial charge >= 0.3 is 0 Å². The van der Waals surface area contributed by atoms with Crippen molar-refractivity contribution in [2.75, 3.05) is 58.2 Å². The third kappa shape index (κ3) is 5.91. The number of benzene rings is 1. The second kappa shape index (κ2) is 12.2. The van der Waals surface area contributed by atoms with Gasteiger partial charge in [0.25, 0.3) is 0 Å². The monoisotopic (exact) mass is 567 g/mol. The molecule has 2 fully saturated rings. The van der Waals surface area contributed by atoms with E-state index in [0.29, 0.717) is 64.3 Å². The van der Waals surface area contributed by atoms with Crippen molar-refractivity contribution in [3.8, 4) is 22.8 Å². The Morgan fingerprint density at radius 2 is 2.05 bits per heavy atom. The second-order valence-electron chi connectivity index (χ2n) is 9.94.